The number of ether oxygens (including phenoxy) is 3. The van der Waals surface area contributed by atoms with Crippen molar-refractivity contribution in [2.24, 2.45) is 5.41 Å². The van der Waals surface area contributed by atoms with E-state index in [-0.39, 0.29) is 82.7 Å². The van der Waals surface area contributed by atoms with Crippen LogP contribution in [0.25, 0.3) is 16.1 Å². The maximum absolute atomic E-state index is 14.0. The molecule has 1 saturated heterocycles. The fourth-order valence-corrected chi connectivity index (χ4v) is 10.4. The van der Waals surface area contributed by atoms with Crippen LogP contribution >= 0.6 is 11.3 Å². The highest BCUT2D eigenvalue weighted by Gasteiger charge is 2.45. The number of aromatic nitrogens is 6. The number of β-amino-alcohol motifs (C(OH)–C–C–N with tert-alkyl or cyclic N) is 1. The van der Waals surface area contributed by atoms with Crippen LogP contribution in [0.15, 0.2) is 60.5 Å². The summed E-state index contributed by atoms with van der Waals surface area (Å²) in [4.78, 5) is 72.5. The number of aliphatic hydroxyl groups is 1. The Hall–Kier alpha value is -6.55. The number of aryl methyl sites for hydroxylation is 1. The van der Waals surface area contributed by atoms with E-state index >= 15 is 0 Å². The van der Waals surface area contributed by atoms with Crippen molar-refractivity contribution in [1.29, 1.82) is 0 Å². The third kappa shape index (κ3) is 12.0. The Morgan fingerprint density at radius 1 is 0.972 bits per heavy atom. The molecule has 3 aromatic heterocycles. The highest BCUT2D eigenvalue weighted by Crippen LogP contribution is 2.43. The quantitative estimate of drug-likeness (QED) is 0.0577. The molecule has 2 fully saturated rings. The lowest BCUT2D eigenvalue weighted by molar-refractivity contribution is -0.144. The fraction of sp³-hybridized carbons (Fsp3) is 0.510. The molecule has 0 bridgehead atoms. The maximum atomic E-state index is 14.0. The van der Waals surface area contributed by atoms with Gasteiger partial charge in [0.15, 0.2) is 11.6 Å². The minimum absolute atomic E-state index is 0.00864. The molecule has 8 rings (SSSR count). The van der Waals surface area contributed by atoms with Gasteiger partial charge in [0.1, 0.15) is 29.8 Å². The Balaban J connectivity index is 0.744. The smallest absolute Gasteiger partial charge is 0.251 e. The van der Waals surface area contributed by atoms with Gasteiger partial charge < -0.3 is 50.4 Å². The number of benzene rings is 2. The number of carbonyl (C=O) groups excluding carboxylic acids is 4. The summed E-state index contributed by atoms with van der Waals surface area (Å²) in [5.41, 5.74) is 5.85. The molecular formula is C51H66N12O8S. The van der Waals surface area contributed by atoms with Crippen LogP contribution in [0.4, 0.5) is 17.5 Å². The number of rotatable bonds is 21. The summed E-state index contributed by atoms with van der Waals surface area (Å²) >= 11 is 1.57. The van der Waals surface area contributed by atoms with Crippen molar-refractivity contribution in [3.8, 4) is 21.9 Å². The van der Waals surface area contributed by atoms with E-state index in [1.165, 1.54) is 24.9 Å². The molecule has 21 heteroatoms. The molecule has 0 spiro atoms. The number of nitrogens with zero attached hydrogens (tertiary/aromatic N) is 8. The second-order valence-electron chi connectivity index (χ2n) is 19.4. The molecule has 2 aromatic carbocycles. The van der Waals surface area contributed by atoms with Gasteiger partial charge in [0.25, 0.3) is 5.91 Å². The fourth-order valence-electron chi connectivity index (χ4n) is 9.60. The molecule has 2 aliphatic heterocycles. The summed E-state index contributed by atoms with van der Waals surface area (Å²) in [5.74, 6) is 1.08. The van der Waals surface area contributed by atoms with Gasteiger partial charge in [-0.1, -0.05) is 64.8 Å². The van der Waals surface area contributed by atoms with Gasteiger partial charge in [0.05, 0.1) is 73.6 Å². The Morgan fingerprint density at radius 3 is 2.44 bits per heavy atom. The summed E-state index contributed by atoms with van der Waals surface area (Å²) in [6.07, 6.45) is 8.12. The zero-order valence-electron chi connectivity index (χ0n) is 41.9. The molecular weight excluding hydrogens is 941 g/mol. The van der Waals surface area contributed by atoms with E-state index in [1.54, 1.807) is 42.1 Å². The van der Waals surface area contributed by atoms with Gasteiger partial charge >= 0.3 is 0 Å². The number of anilines is 3. The van der Waals surface area contributed by atoms with Crippen LogP contribution < -0.4 is 30.9 Å². The summed E-state index contributed by atoms with van der Waals surface area (Å²) in [5, 5.41) is 31.2. The maximum Gasteiger partial charge on any atom is 0.251 e. The first-order valence-corrected chi connectivity index (χ1v) is 25.6. The molecule has 20 nitrogen and oxygen atoms in total. The Morgan fingerprint density at radius 2 is 1.74 bits per heavy atom. The van der Waals surface area contributed by atoms with Gasteiger partial charge in [-0.05, 0) is 60.9 Å². The first-order valence-electron chi connectivity index (χ1n) is 24.7. The van der Waals surface area contributed by atoms with Crippen LogP contribution in [0.1, 0.15) is 106 Å². The standard InChI is InChI=1S/C51H66N12O8S/c1-7-38-46-60-56-29-62(46)40-27-54-50(59-45(40)63(38)35-10-8-9-11-35)57-37-17-16-34(24-41(37)69-6)47(66)52-19-21-71-23-22-70-20-18-42(65)58-44(51(3,4)5)49(68)61-28-36(64)25-39(61)48(67)53-26-32-12-14-33(15-13-32)43-31(2)55-30-72-43/h12-17,24,27,29-30,35-36,38-39,44,64H,7-11,18-23,25-26,28H2,1-6H3,(H,52,66)(H,53,67)(H,58,65)(H,54,57,59)/t36-,38-,39+,44-/m1/s1. The minimum atomic E-state index is -0.954. The average Bonchev–Trinajstić information content (AvgIpc) is 4.23. The number of nitrogens with one attached hydrogen (secondary N) is 4. The molecule has 384 valence electrons. The topological polar surface area (TPSA) is 240 Å². The van der Waals surface area contributed by atoms with E-state index in [0.29, 0.717) is 29.0 Å². The van der Waals surface area contributed by atoms with Crippen molar-refractivity contribution in [3.63, 3.8) is 0 Å². The van der Waals surface area contributed by atoms with Crippen molar-refractivity contribution in [2.45, 2.75) is 116 Å². The Bertz CT molecular complexity index is 2680. The number of likely N-dealkylation sites (tertiary alicyclic amines) is 1. The lowest BCUT2D eigenvalue weighted by Crippen LogP contribution is -2.57. The van der Waals surface area contributed by atoms with E-state index in [2.05, 4.69) is 53.3 Å². The van der Waals surface area contributed by atoms with Crippen molar-refractivity contribution in [2.75, 3.05) is 56.8 Å². The second-order valence-corrected chi connectivity index (χ2v) is 20.3. The Labute approximate surface area is 423 Å². The van der Waals surface area contributed by atoms with Gasteiger partial charge in [0.2, 0.25) is 23.7 Å². The number of methoxy groups -OCH3 is 1. The zero-order valence-corrected chi connectivity index (χ0v) is 42.7. The normalized spacial score (nSPS) is 18.1. The summed E-state index contributed by atoms with van der Waals surface area (Å²) in [7, 11) is 1.54. The van der Waals surface area contributed by atoms with E-state index in [0.717, 1.165) is 58.3 Å². The highest BCUT2D eigenvalue weighted by atomic mass is 32.1. The molecule has 1 saturated carbocycles. The number of amides is 4. The molecule has 4 atom stereocenters. The third-order valence-electron chi connectivity index (χ3n) is 13.4. The van der Waals surface area contributed by atoms with Gasteiger partial charge in [-0.2, -0.15) is 4.98 Å². The van der Waals surface area contributed by atoms with Crippen LogP contribution in [-0.2, 0) is 30.4 Å². The summed E-state index contributed by atoms with van der Waals surface area (Å²) in [6, 6.07) is 11.5. The molecule has 0 radical (unpaired) electrons. The van der Waals surface area contributed by atoms with E-state index < -0.39 is 29.5 Å². The Kier molecular flexibility index (Phi) is 16.8. The monoisotopic (exact) mass is 1010 g/mol. The summed E-state index contributed by atoms with van der Waals surface area (Å²) in [6.45, 7) is 10.9. The van der Waals surface area contributed by atoms with E-state index in [4.69, 9.17) is 19.2 Å². The van der Waals surface area contributed by atoms with E-state index in [9.17, 15) is 24.3 Å². The molecule has 3 aliphatic rings. The molecule has 1 aliphatic carbocycles. The van der Waals surface area contributed by atoms with Crippen LogP contribution in [0, 0.1) is 12.3 Å². The number of hydrogen-bond acceptors (Lipinski definition) is 16. The third-order valence-corrected chi connectivity index (χ3v) is 14.3. The van der Waals surface area contributed by atoms with Gasteiger partial charge in [-0.15, -0.1) is 21.5 Å². The van der Waals surface area contributed by atoms with Crippen molar-refractivity contribution in [1.82, 2.24) is 50.6 Å². The predicted octanol–water partition coefficient (Wildman–Crippen LogP) is 5.42. The number of carbonyl (C=O) groups is 4. The lowest BCUT2D eigenvalue weighted by atomic mass is 9.85. The van der Waals surface area contributed by atoms with Crippen LogP contribution in [0.2, 0.25) is 0 Å². The first-order chi connectivity index (χ1) is 34.7. The second kappa shape index (κ2) is 23.3. The van der Waals surface area contributed by atoms with Crippen LogP contribution in [-0.4, -0.2) is 134 Å². The molecule has 5 N–H and O–H groups in total. The van der Waals surface area contributed by atoms with Gasteiger partial charge in [-0.3, -0.25) is 23.7 Å². The number of fused-ring (bicyclic) bond motifs is 3. The SMILES string of the molecule is CC[C@@H]1c2nncn2-c2cnc(Nc3ccc(C(=O)NCCOCCOCCC(=O)N[C@H](C(=O)N4C[C@H](O)C[C@H]4C(=O)NCc4ccc(-c5scnc5C)cc4)C(C)(C)C)cc3OC)nc2N1C1CCCC1. The van der Waals surface area contributed by atoms with Gasteiger partial charge in [0, 0.05) is 44.1 Å². The number of thiazole rings is 1. The highest BCUT2D eigenvalue weighted by molar-refractivity contribution is 7.13. The zero-order chi connectivity index (χ0) is 50.9. The molecule has 0 unspecified atom stereocenters. The largest absolute Gasteiger partial charge is 0.495 e. The molecule has 72 heavy (non-hydrogen) atoms. The summed E-state index contributed by atoms with van der Waals surface area (Å²) < 4.78 is 19.0. The predicted molar refractivity (Wildman–Crippen MR) is 271 cm³/mol. The average molecular weight is 1010 g/mol. The van der Waals surface area contributed by atoms with E-state index in [1.807, 2.05) is 62.0 Å². The van der Waals surface area contributed by atoms with Crippen LogP contribution in [0.3, 0.4) is 0 Å². The van der Waals surface area contributed by atoms with Crippen molar-refractivity contribution >= 4 is 52.4 Å². The van der Waals surface area contributed by atoms with Crippen molar-refractivity contribution < 1.29 is 38.5 Å². The number of hydrogen-bond donors (Lipinski definition) is 5. The molecule has 4 amide bonds. The molecule has 5 heterocycles. The lowest BCUT2D eigenvalue weighted by Gasteiger charge is -2.40. The van der Waals surface area contributed by atoms with Crippen molar-refractivity contribution in [3.05, 3.63) is 83.1 Å². The van der Waals surface area contributed by atoms with Gasteiger partial charge in [-0.25, -0.2) is 9.97 Å². The number of aliphatic hydroxyl groups excluding tert-OH is 1. The molecule has 5 aromatic rings. The minimum Gasteiger partial charge on any atom is -0.495 e. The first kappa shape index (κ1) is 51.8. The van der Waals surface area contributed by atoms with Crippen LogP contribution in [0.5, 0.6) is 5.75 Å².